The molecule has 0 atom stereocenters. The molecule has 0 heteroatoms. The van der Waals surface area contributed by atoms with E-state index >= 15 is 0 Å². The second kappa shape index (κ2) is 2.91. The Morgan fingerprint density at radius 1 is 0.812 bits per heavy atom. The van der Waals surface area contributed by atoms with Crippen molar-refractivity contribution in [3.63, 3.8) is 0 Å². The highest BCUT2D eigenvalue weighted by Gasteiger charge is 2.62. The van der Waals surface area contributed by atoms with Gasteiger partial charge in [0, 0.05) is 5.41 Å². The van der Waals surface area contributed by atoms with Crippen LogP contribution in [0.3, 0.4) is 0 Å². The van der Waals surface area contributed by atoms with Gasteiger partial charge in [-0.15, -0.1) is 0 Å². The highest BCUT2D eigenvalue weighted by Crippen LogP contribution is 2.69. The molecule has 0 saturated heterocycles. The van der Waals surface area contributed by atoms with Gasteiger partial charge in [-0.05, 0) is 55.1 Å². The molecular weight excluding hydrogens is 192 g/mol. The van der Waals surface area contributed by atoms with Gasteiger partial charge in [-0.2, -0.15) is 0 Å². The summed E-state index contributed by atoms with van der Waals surface area (Å²) in [6.45, 7) is 0. The maximum Gasteiger partial charge on any atom is 0.00129 e. The Labute approximate surface area is 98.1 Å². The maximum atomic E-state index is 2.43. The van der Waals surface area contributed by atoms with Crippen LogP contribution in [-0.2, 0) is 11.8 Å². The summed E-state index contributed by atoms with van der Waals surface area (Å²) in [5, 5.41) is 0. The van der Waals surface area contributed by atoms with E-state index in [9.17, 15) is 0 Å². The molecule has 0 amide bonds. The summed E-state index contributed by atoms with van der Waals surface area (Å²) in [4.78, 5) is 0. The van der Waals surface area contributed by atoms with E-state index in [1.165, 1.54) is 51.4 Å². The van der Waals surface area contributed by atoms with Crippen molar-refractivity contribution in [3.8, 4) is 0 Å². The first kappa shape index (κ1) is 9.27. The SMILES string of the molecule is c1ccc2c(c1)CCC1(CCCC1)C21CC1. The van der Waals surface area contributed by atoms with Crippen molar-refractivity contribution in [2.75, 3.05) is 0 Å². The van der Waals surface area contributed by atoms with Crippen LogP contribution in [0.2, 0.25) is 0 Å². The largest absolute Gasteiger partial charge is 0.0620 e. The molecule has 4 rings (SSSR count). The second-order valence-electron chi connectivity index (χ2n) is 6.23. The predicted octanol–water partition coefficient (Wildman–Crippen LogP) is 4.22. The Morgan fingerprint density at radius 3 is 2.31 bits per heavy atom. The Hall–Kier alpha value is -0.780. The molecule has 0 unspecified atom stereocenters. The monoisotopic (exact) mass is 212 g/mol. The fraction of sp³-hybridized carbons (Fsp3) is 0.625. The van der Waals surface area contributed by atoms with Gasteiger partial charge in [-0.3, -0.25) is 0 Å². The van der Waals surface area contributed by atoms with Crippen molar-refractivity contribution in [1.29, 1.82) is 0 Å². The molecule has 0 nitrogen and oxygen atoms in total. The van der Waals surface area contributed by atoms with E-state index in [0.717, 1.165) is 5.41 Å². The van der Waals surface area contributed by atoms with Crippen molar-refractivity contribution in [3.05, 3.63) is 35.4 Å². The highest BCUT2D eigenvalue weighted by atomic mass is 14.7. The van der Waals surface area contributed by atoms with Crippen LogP contribution in [0.1, 0.15) is 56.1 Å². The third kappa shape index (κ3) is 0.965. The van der Waals surface area contributed by atoms with Crippen LogP contribution in [0.5, 0.6) is 0 Å². The molecule has 0 aliphatic heterocycles. The number of fused-ring (bicyclic) bond motifs is 3. The van der Waals surface area contributed by atoms with E-state index < -0.39 is 0 Å². The molecular formula is C16H20. The first-order valence-corrected chi connectivity index (χ1v) is 6.95. The van der Waals surface area contributed by atoms with E-state index in [4.69, 9.17) is 0 Å². The third-order valence-electron chi connectivity index (χ3n) is 5.73. The normalized spacial score (nSPS) is 28.2. The van der Waals surface area contributed by atoms with Crippen molar-refractivity contribution in [2.24, 2.45) is 5.41 Å². The first-order chi connectivity index (χ1) is 7.86. The van der Waals surface area contributed by atoms with Crippen molar-refractivity contribution in [2.45, 2.75) is 56.8 Å². The van der Waals surface area contributed by atoms with Gasteiger partial charge in [0.1, 0.15) is 0 Å². The quantitative estimate of drug-likeness (QED) is 0.604. The van der Waals surface area contributed by atoms with Crippen LogP contribution in [0, 0.1) is 5.41 Å². The van der Waals surface area contributed by atoms with Gasteiger partial charge in [0.05, 0.1) is 0 Å². The molecule has 3 aliphatic rings. The lowest BCUT2D eigenvalue weighted by Crippen LogP contribution is -2.37. The molecule has 2 spiro atoms. The van der Waals surface area contributed by atoms with Gasteiger partial charge in [-0.25, -0.2) is 0 Å². The van der Waals surface area contributed by atoms with Crippen LogP contribution in [0.4, 0.5) is 0 Å². The molecule has 16 heavy (non-hydrogen) atoms. The number of benzene rings is 1. The fourth-order valence-corrected chi connectivity index (χ4v) is 4.81. The zero-order chi connectivity index (χ0) is 10.6. The Morgan fingerprint density at radius 2 is 1.56 bits per heavy atom. The topological polar surface area (TPSA) is 0 Å². The third-order valence-corrected chi connectivity index (χ3v) is 5.73. The smallest absolute Gasteiger partial charge is 0.00129 e. The molecule has 3 aliphatic carbocycles. The minimum absolute atomic E-state index is 0.637. The standard InChI is InChI=1S/C16H20/c1-2-6-14-13(5-1)7-10-15(8-3-4-9-15)16(14)11-12-16/h1-2,5-6H,3-4,7-12H2. The molecule has 84 valence electrons. The van der Waals surface area contributed by atoms with Crippen molar-refractivity contribution < 1.29 is 0 Å². The zero-order valence-electron chi connectivity index (χ0n) is 9.97. The molecule has 2 saturated carbocycles. The van der Waals surface area contributed by atoms with Gasteiger partial charge in [-0.1, -0.05) is 37.1 Å². The van der Waals surface area contributed by atoms with Gasteiger partial charge in [0.25, 0.3) is 0 Å². The molecule has 0 radical (unpaired) electrons. The number of aryl methyl sites for hydroxylation is 1. The Bertz CT molecular complexity index is 419. The van der Waals surface area contributed by atoms with E-state index in [2.05, 4.69) is 24.3 Å². The van der Waals surface area contributed by atoms with Crippen LogP contribution >= 0.6 is 0 Å². The van der Waals surface area contributed by atoms with Crippen molar-refractivity contribution >= 4 is 0 Å². The molecule has 0 heterocycles. The molecule has 1 aromatic rings. The summed E-state index contributed by atoms with van der Waals surface area (Å²) < 4.78 is 0. The summed E-state index contributed by atoms with van der Waals surface area (Å²) in [6.07, 6.45) is 11.8. The van der Waals surface area contributed by atoms with Gasteiger partial charge in [0.15, 0.2) is 0 Å². The van der Waals surface area contributed by atoms with Gasteiger partial charge < -0.3 is 0 Å². The lowest BCUT2D eigenvalue weighted by Gasteiger charge is -2.44. The summed E-state index contributed by atoms with van der Waals surface area (Å²) in [5.74, 6) is 0. The lowest BCUT2D eigenvalue weighted by molar-refractivity contribution is 0.175. The van der Waals surface area contributed by atoms with Gasteiger partial charge in [0.2, 0.25) is 0 Å². The minimum atomic E-state index is 0.637. The Kier molecular flexibility index (Phi) is 1.69. The van der Waals surface area contributed by atoms with Crippen LogP contribution in [0.15, 0.2) is 24.3 Å². The van der Waals surface area contributed by atoms with Crippen LogP contribution in [0.25, 0.3) is 0 Å². The summed E-state index contributed by atoms with van der Waals surface area (Å²) in [7, 11) is 0. The predicted molar refractivity (Wildman–Crippen MR) is 66.6 cm³/mol. The van der Waals surface area contributed by atoms with E-state index in [0.29, 0.717) is 5.41 Å². The molecule has 2 fully saturated rings. The van der Waals surface area contributed by atoms with Crippen LogP contribution < -0.4 is 0 Å². The molecule has 0 aromatic heterocycles. The maximum absolute atomic E-state index is 2.43. The average Bonchev–Trinajstić information content (AvgIpc) is 3.00. The number of hydrogen-bond donors (Lipinski definition) is 0. The van der Waals surface area contributed by atoms with Crippen molar-refractivity contribution in [1.82, 2.24) is 0 Å². The molecule has 0 N–H and O–H groups in total. The zero-order valence-corrected chi connectivity index (χ0v) is 9.97. The van der Waals surface area contributed by atoms with Crippen LogP contribution in [-0.4, -0.2) is 0 Å². The van der Waals surface area contributed by atoms with Gasteiger partial charge >= 0.3 is 0 Å². The average molecular weight is 212 g/mol. The van der Waals surface area contributed by atoms with E-state index in [-0.39, 0.29) is 0 Å². The second-order valence-corrected chi connectivity index (χ2v) is 6.23. The summed E-state index contributed by atoms with van der Waals surface area (Å²) in [5.41, 5.74) is 4.76. The van der Waals surface area contributed by atoms with E-state index in [1.54, 1.807) is 11.1 Å². The molecule has 0 bridgehead atoms. The molecule has 1 aromatic carbocycles. The Balaban J connectivity index is 1.87. The summed E-state index contributed by atoms with van der Waals surface area (Å²) >= 11 is 0. The van der Waals surface area contributed by atoms with E-state index in [1.807, 2.05) is 0 Å². The highest BCUT2D eigenvalue weighted by molar-refractivity contribution is 5.44. The fourth-order valence-electron chi connectivity index (χ4n) is 4.81. The minimum Gasteiger partial charge on any atom is -0.0620 e. The first-order valence-electron chi connectivity index (χ1n) is 6.95. The number of hydrogen-bond acceptors (Lipinski definition) is 0. The lowest BCUT2D eigenvalue weighted by atomic mass is 9.60. The number of rotatable bonds is 0. The summed E-state index contributed by atoms with van der Waals surface area (Å²) in [6, 6.07) is 9.28.